The van der Waals surface area contributed by atoms with Crippen LogP contribution in [0.5, 0.6) is 0 Å². The van der Waals surface area contributed by atoms with Gasteiger partial charge in [0.15, 0.2) is 0 Å². The van der Waals surface area contributed by atoms with Crippen molar-refractivity contribution in [3.05, 3.63) is 0 Å². The quantitative estimate of drug-likeness (QED) is 0.0502. The van der Waals surface area contributed by atoms with Crippen molar-refractivity contribution in [3.63, 3.8) is 0 Å². The first-order valence-electron chi connectivity index (χ1n) is 17.4. The van der Waals surface area contributed by atoms with Gasteiger partial charge in [0.25, 0.3) is 15.6 Å². The van der Waals surface area contributed by atoms with Gasteiger partial charge in [-0.25, -0.2) is 0 Å². The predicted octanol–water partition coefficient (Wildman–Crippen LogP) is 10.4. The molecule has 8 nitrogen and oxygen atoms in total. The van der Waals surface area contributed by atoms with Crippen LogP contribution in [-0.2, 0) is 44.0 Å². The van der Waals surface area contributed by atoms with Crippen LogP contribution in [0.1, 0.15) is 182 Å². The van der Waals surface area contributed by atoms with E-state index in [1.165, 1.54) is 77.0 Å². The zero-order valence-electron chi connectivity index (χ0n) is 28.3. The number of hydrogen-bond acceptors (Lipinski definition) is 8. The Morgan fingerprint density at radius 2 is 0.512 bits per heavy atom. The Bertz CT molecular complexity index is 532. The number of unbranched alkanes of at least 4 members (excludes halogenated alkanes) is 20. The van der Waals surface area contributed by atoms with E-state index in [4.69, 9.17) is 18.1 Å². The molecule has 0 rings (SSSR count). The summed E-state index contributed by atoms with van der Waals surface area (Å²) >= 11 is 0. The van der Waals surface area contributed by atoms with Gasteiger partial charge in [0.1, 0.15) is 0 Å². The van der Waals surface area contributed by atoms with Crippen LogP contribution in [0.25, 0.3) is 0 Å². The Hall–Kier alpha value is 0.726. The maximum absolute atomic E-state index is 11.5. The number of rotatable bonds is 32. The fraction of sp³-hybridized carbons (Fsp3) is 1.00. The predicted molar refractivity (Wildman–Crippen MR) is 173 cm³/mol. The van der Waals surface area contributed by atoms with Crippen molar-refractivity contribution in [1.82, 2.24) is 0 Å². The van der Waals surface area contributed by atoms with Crippen molar-refractivity contribution in [2.45, 2.75) is 182 Å². The SMILES string of the molecule is CCCCCCCCOP(=O)([O-])OCCCCCCCC.CCCCCCCCOP(=O)([O-])OCCCCCCCC.[Co+2]. The number of phosphoric acid groups is 2. The molecule has 0 heterocycles. The van der Waals surface area contributed by atoms with Crippen molar-refractivity contribution in [1.29, 1.82) is 0 Å². The maximum atomic E-state index is 11.5. The second kappa shape index (κ2) is 37.2. The van der Waals surface area contributed by atoms with Crippen LogP contribution in [0.2, 0.25) is 0 Å². The summed E-state index contributed by atoms with van der Waals surface area (Å²) in [5, 5.41) is 0. The van der Waals surface area contributed by atoms with Gasteiger partial charge in [-0.15, -0.1) is 0 Å². The van der Waals surface area contributed by atoms with Crippen LogP contribution in [-0.4, -0.2) is 26.4 Å². The van der Waals surface area contributed by atoms with Gasteiger partial charge in [-0.3, -0.25) is 9.13 Å². The van der Waals surface area contributed by atoms with Gasteiger partial charge in [-0.1, -0.05) is 156 Å². The standard InChI is InChI=1S/2C16H35O4P.Co/c2*1-3-5-7-9-11-13-15-19-21(17,18)20-16-14-12-10-8-6-4-2;/h2*3-16H2,1-2H3,(H,17,18);/q;;+2/p-2. The molecule has 0 aromatic heterocycles. The van der Waals surface area contributed by atoms with E-state index >= 15 is 0 Å². The molecule has 0 unspecified atom stereocenters. The normalized spacial score (nSPS) is 11.7. The fourth-order valence-corrected chi connectivity index (χ4v) is 5.87. The van der Waals surface area contributed by atoms with Gasteiger partial charge >= 0.3 is 16.8 Å². The third-order valence-electron chi connectivity index (χ3n) is 6.99. The summed E-state index contributed by atoms with van der Waals surface area (Å²) in [7, 11) is -8.13. The molecule has 11 heteroatoms. The molecule has 0 atom stereocenters. The molecule has 263 valence electrons. The second-order valence-corrected chi connectivity index (χ2v) is 14.1. The molecule has 0 amide bonds. The van der Waals surface area contributed by atoms with Crippen LogP contribution < -0.4 is 9.79 Å². The molecule has 0 fully saturated rings. The first kappa shape index (κ1) is 48.1. The smallest absolute Gasteiger partial charge is 0.756 e. The molecule has 0 bridgehead atoms. The van der Waals surface area contributed by atoms with Crippen molar-refractivity contribution < 1.29 is 53.8 Å². The summed E-state index contributed by atoms with van der Waals surface area (Å²) in [4.78, 5) is 23.0. The largest absolute Gasteiger partial charge is 2.00 e. The van der Waals surface area contributed by atoms with Crippen LogP contribution >= 0.6 is 15.6 Å². The van der Waals surface area contributed by atoms with Crippen molar-refractivity contribution in [2.75, 3.05) is 26.4 Å². The van der Waals surface area contributed by atoms with E-state index in [0.29, 0.717) is 0 Å². The number of hydrogen-bond donors (Lipinski definition) is 0. The van der Waals surface area contributed by atoms with Gasteiger partial charge in [-0.2, -0.15) is 0 Å². The van der Waals surface area contributed by atoms with Crippen molar-refractivity contribution >= 4 is 15.6 Å². The van der Waals surface area contributed by atoms with Crippen molar-refractivity contribution in [3.8, 4) is 0 Å². The zero-order chi connectivity index (χ0) is 31.6. The van der Waals surface area contributed by atoms with Gasteiger partial charge in [0.05, 0.1) is 26.4 Å². The molecule has 1 radical (unpaired) electrons. The molecular weight excluding hydrogens is 633 g/mol. The molecule has 0 aliphatic heterocycles. The average molecular weight is 702 g/mol. The maximum Gasteiger partial charge on any atom is 2.00 e. The topological polar surface area (TPSA) is 117 Å². The summed E-state index contributed by atoms with van der Waals surface area (Å²) < 4.78 is 42.4. The monoisotopic (exact) mass is 701 g/mol. The van der Waals surface area contributed by atoms with E-state index in [9.17, 15) is 18.9 Å². The van der Waals surface area contributed by atoms with Gasteiger partial charge in [0, 0.05) is 0 Å². The summed E-state index contributed by atoms with van der Waals surface area (Å²) in [6, 6.07) is 0. The molecule has 0 saturated heterocycles. The van der Waals surface area contributed by atoms with Gasteiger partial charge in [0.2, 0.25) is 0 Å². The van der Waals surface area contributed by atoms with Crippen LogP contribution in [0.4, 0.5) is 0 Å². The minimum atomic E-state index is -4.07. The van der Waals surface area contributed by atoms with Crippen molar-refractivity contribution in [2.24, 2.45) is 0 Å². The van der Waals surface area contributed by atoms with E-state index in [2.05, 4.69) is 27.7 Å². The fourth-order valence-electron chi connectivity index (χ4n) is 4.31. The average Bonchev–Trinajstić information content (AvgIpc) is 2.95. The summed E-state index contributed by atoms with van der Waals surface area (Å²) in [5.74, 6) is 0. The summed E-state index contributed by atoms with van der Waals surface area (Å²) in [5.41, 5.74) is 0. The van der Waals surface area contributed by atoms with E-state index in [0.717, 1.165) is 77.0 Å². The van der Waals surface area contributed by atoms with E-state index in [1.54, 1.807) is 0 Å². The Morgan fingerprint density at radius 1 is 0.349 bits per heavy atom. The first-order chi connectivity index (χ1) is 20.2. The van der Waals surface area contributed by atoms with Crippen LogP contribution in [0.15, 0.2) is 0 Å². The van der Waals surface area contributed by atoms with Gasteiger partial charge in [-0.05, 0) is 25.7 Å². The molecule has 0 N–H and O–H groups in total. The second-order valence-electron chi connectivity index (χ2n) is 11.3. The molecule has 0 aromatic carbocycles. The van der Waals surface area contributed by atoms with Gasteiger partial charge < -0.3 is 27.9 Å². The molecule has 0 aliphatic rings. The van der Waals surface area contributed by atoms with E-state index < -0.39 is 15.6 Å². The third kappa shape index (κ3) is 42.7. The van der Waals surface area contributed by atoms with E-state index in [-0.39, 0.29) is 43.2 Å². The van der Waals surface area contributed by atoms with Crippen LogP contribution in [0.3, 0.4) is 0 Å². The Kier molecular flexibility index (Phi) is 41.6. The molecule has 43 heavy (non-hydrogen) atoms. The number of phosphoric ester groups is 2. The molecule has 0 spiro atoms. The summed E-state index contributed by atoms with van der Waals surface area (Å²) in [6.45, 7) is 9.73. The minimum Gasteiger partial charge on any atom is -0.756 e. The Labute approximate surface area is 277 Å². The Balaban J connectivity index is -0.000000727. The van der Waals surface area contributed by atoms with E-state index in [1.807, 2.05) is 0 Å². The molecular formula is C32H68CoO8P2. The zero-order valence-corrected chi connectivity index (χ0v) is 31.1. The van der Waals surface area contributed by atoms with Crippen LogP contribution in [0, 0.1) is 0 Å². The Morgan fingerprint density at radius 3 is 0.698 bits per heavy atom. The first-order valence-corrected chi connectivity index (χ1v) is 20.4. The third-order valence-corrected chi connectivity index (χ3v) is 8.98. The minimum absolute atomic E-state index is 0. The molecule has 0 aromatic rings. The molecule has 0 saturated carbocycles. The molecule has 0 aliphatic carbocycles. The summed E-state index contributed by atoms with van der Waals surface area (Å²) in [6.07, 6.45) is 26.6.